The summed E-state index contributed by atoms with van der Waals surface area (Å²) in [6.45, 7) is 4.54. The van der Waals surface area contributed by atoms with Crippen LogP contribution in [0.2, 0.25) is 0 Å². The third-order valence-electron chi connectivity index (χ3n) is 7.81. The zero-order valence-corrected chi connectivity index (χ0v) is 25.0. The molecule has 0 aliphatic carbocycles. The van der Waals surface area contributed by atoms with E-state index < -0.39 is 0 Å². The molecular weight excluding hydrogens is 552 g/mol. The van der Waals surface area contributed by atoms with Crippen molar-refractivity contribution in [1.29, 1.82) is 0 Å². The maximum Gasteiger partial charge on any atom is 0.179 e. The normalized spacial score (nSPS) is 14.9. The summed E-state index contributed by atoms with van der Waals surface area (Å²) in [6, 6.07) is 31.6. The molecule has 2 aliphatic rings. The molecule has 220 valence electrons. The first-order valence-electron chi connectivity index (χ1n) is 14.5. The van der Waals surface area contributed by atoms with Crippen LogP contribution in [-0.4, -0.2) is 42.3 Å². The minimum atomic E-state index is -0.365. The Morgan fingerprint density at radius 2 is 1.55 bits per heavy atom. The Kier molecular flexibility index (Phi) is 6.98. The van der Waals surface area contributed by atoms with Gasteiger partial charge in [0.1, 0.15) is 5.75 Å². The van der Waals surface area contributed by atoms with E-state index in [9.17, 15) is 0 Å². The summed E-state index contributed by atoms with van der Waals surface area (Å²) in [5.41, 5.74) is 6.18. The average Bonchev–Trinajstić information content (AvgIpc) is 3.40. The number of hydrogen-bond donors (Lipinski definition) is 1. The number of methoxy groups -OCH3 is 2. The summed E-state index contributed by atoms with van der Waals surface area (Å²) in [7, 11) is 3.32. The molecule has 0 amide bonds. The first-order valence-corrected chi connectivity index (χ1v) is 14.5. The molecule has 5 aromatic rings. The maximum absolute atomic E-state index is 6.02. The Labute approximate surface area is 256 Å². The molecular formula is C35H32N6O3. The van der Waals surface area contributed by atoms with Crippen LogP contribution in [0, 0.1) is 6.92 Å². The highest BCUT2D eigenvalue weighted by Crippen LogP contribution is 2.51. The van der Waals surface area contributed by atoms with Gasteiger partial charge in [0, 0.05) is 11.1 Å². The van der Waals surface area contributed by atoms with Crippen LogP contribution in [0.1, 0.15) is 29.8 Å². The molecule has 4 aromatic carbocycles. The number of aliphatic imine (C=N–C) groups is 2. The number of ether oxygens (including phenoxy) is 3. The molecule has 1 atom stereocenters. The van der Waals surface area contributed by atoms with Gasteiger partial charge in [-0.05, 0) is 56.3 Å². The van der Waals surface area contributed by atoms with Crippen LogP contribution < -0.4 is 24.4 Å². The summed E-state index contributed by atoms with van der Waals surface area (Å²) in [5, 5.41) is 8.59. The van der Waals surface area contributed by atoms with E-state index in [1.807, 2.05) is 103 Å². The van der Waals surface area contributed by atoms with Crippen LogP contribution >= 0.6 is 0 Å². The van der Waals surface area contributed by atoms with Crippen molar-refractivity contribution in [2.75, 3.05) is 31.0 Å². The molecule has 1 aromatic heterocycles. The molecule has 7 rings (SSSR count). The molecule has 0 unspecified atom stereocenters. The first-order chi connectivity index (χ1) is 21.6. The van der Waals surface area contributed by atoms with Gasteiger partial charge in [-0.15, -0.1) is 0 Å². The van der Waals surface area contributed by atoms with Gasteiger partial charge >= 0.3 is 0 Å². The zero-order valence-electron chi connectivity index (χ0n) is 25.0. The van der Waals surface area contributed by atoms with Crippen molar-refractivity contribution in [3.8, 4) is 22.9 Å². The van der Waals surface area contributed by atoms with Crippen molar-refractivity contribution < 1.29 is 14.2 Å². The number of nitrogens with one attached hydrogen (secondary N) is 1. The average molecular weight is 585 g/mol. The van der Waals surface area contributed by atoms with Gasteiger partial charge < -0.3 is 24.4 Å². The summed E-state index contributed by atoms with van der Waals surface area (Å²) in [4.78, 5) is 12.7. The SMILES string of the molecule is CCOc1ccccc1NC1=Nc2ccccc2N2C1=Nc1c(c(C)nn1-c1ccccc1)[C@@H]2c1cccc(OC)c1OC. The molecule has 0 saturated carbocycles. The predicted molar refractivity (Wildman–Crippen MR) is 174 cm³/mol. The zero-order chi connectivity index (χ0) is 30.2. The molecule has 3 heterocycles. The van der Waals surface area contributed by atoms with Gasteiger partial charge in [-0.3, -0.25) is 0 Å². The Morgan fingerprint density at radius 1 is 0.795 bits per heavy atom. The van der Waals surface area contributed by atoms with Crippen LogP contribution in [-0.2, 0) is 0 Å². The summed E-state index contributed by atoms with van der Waals surface area (Å²) < 4.78 is 19.6. The molecule has 2 aliphatic heterocycles. The van der Waals surface area contributed by atoms with Gasteiger partial charge in [0.2, 0.25) is 0 Å². The van der Waals surface area contributed by atoms with E-state index in [1.165, 1.54) is 0 Å². The van der Waals surface area contributed by atoms with Gasteiger partial charge in [-0.25, -0.2) is 14.7 Å². The number of amidine groups is 2. The van der Waals surface area contributed by atoms with Crippen LogP contribution in [0.15, 0.2) is 107 Å². The van der Waals surface area contributed by atoms with Gasteiger partial charge in [0.25, 0.3) is 0 Å². The van der Waals surface area contributed by atoms with Gasteiger partial charge in [0.05, 0.1) is 55.3 Å². The molecule has 0 radical (unpaired) electrons. The summed E-state index contributed by atoms with van der Waals surface area (Å²) in [6.07, 6.45) is 0. The maximum atomic E-state index is 6.02. The lowest BCUT2D eigenvalue weighted by molar-refractivity contribution is 0.342. The minimum absolute atomic E-state index is 0.365. The lowest BCUT2D eigenvalue weighted by atomic mass is 9.92. The van der Waals surface area contributed by atoms with E-state index in [-0.39, 0.29) is 6.04 Å². The van der Waals surface area contributed by atoms with Gasteiger partial charge in [-0.1, -0.05) is 54.6 Å². The molecule has 1 N–H and O–H groups in total. The minimum Gasteiger partial charge on any atom is -0.493 e. The second-order valence-electron chi connectivity index (χ2n) is 10.4. The second kappa shape index (κ2) is 11.3. The third-order valence-corrected chi connectivity index (χ3v) is 7.81. The van der Waals surface area contributed by atoms with Crippen molar-refractivity contribution in [3.05, 3.63) is 114 Å². The standard InChI is InChI=1S/C35H32N6O3/c1-5-44-28-20-12-10-18-26(28)37-33-35-38-34-30(22(2)39-41(34)23-14-7-6-8-15-23)31(24-16-13-21-29(42-3)32(24)43-4)40(35)27-19-11-9-17-25(27)36-33/h6-21,31H,5H2,1-4H3,(H,36,37)/t31-/m0/s1. The smallest absolute Gasteiger partial charge is 0.179 e. The Bertz CT molecular complexity index is 1910. The topological polar surface area (TPSA) is 85.5 Å². The van der Waals surface area contributed by atoms with Crippen molar-refractivity contribution in [3.63, 3.8) is 0 Å². The number of nitrogens with zero attached hydrogens (tertiary/aromatic N) is 5. The number of fused-ring (bicyclic) bond motifs is 4. The van der Waals surface area contributed by atoms with E-state index in [0.29, 0.717) is 29.8 Å². The summed E-state index contributed by atoms with van der Waals surface area (Å²) in [5.74, 6) is 3.99. The number of hydrogen-bond acceptors (Lipinski definition) is 8. The number of anilines is 2. The van der Waals surface area contributed by atoms with Crippen LogP contribution in [0.4, 0.5) is 22.9 Å². The number of para-hydroxylation sites is 6. The quantitative estimate of drug-likeness (QED) is 0.215. The highest BCUT2D eigenvalue weighted by atomic mass is 16.5. The van der Waals surface area contributed by atoms with E-state index >= 15 is 0 Å². The Hall–Kier alpha value is -5.57. The van der Waals surface area contributed by atoms with Crippen molar-refractivity contribution in [1.82, 2.24) is 9.78 Å². The van der Waals surface area contributed by atoms with E-state index in [1.54, 1.807) is 14.2 Å². The molecule has 0 fully saturated rings. The van der Waals surface area contributed by atoms with Crippen molar-refractivity contribution in [2.45, 2.75) is 19.9 Å². The van der Waals surface area contributed by atoms with Crippen LogP contribution in [0.25, 0.3) is 5.69 Å². The predicted octanol–water partition coefficient (Wildman–Crippen LogP) is 7.39. The molecule has 0 bridgehead atoms. The Morgan fingerprint density at radius 3 is 2.34 bits per heavy atom. The van der Waals surface area contributed by atoms with E-state index in [4.69, 9.17) is 29.3 Å². The van der Waals surface area contributed by atoms with E-state index in [0.717, 1.165) is 51.1 Å². The van der Waals surface area contributed by atoms with Crippen LogP contribution in [0.5, 0.6) is 17.2 Å². The van der Waals surface area contributed by atoms with Crippen molar-refractivity contribution in [2.24, 2.45) is 9.98 Å². The number of aromatic nitrogens is 2. The molecule has 9 nitrogen and oxygen atoms in total. The number of rotatable bonds is 7. The second-order valence-corrected chi connectivity index (χ2v) is 10.4. The molecule has 0 saturated heterocycles. The fourth-order valence-electron chi connectivity index (χ4n) is 5.95. The van der Waals surface area contributed by atoms with Gasteiger partial charge in [-0.2, -0.15) is 5.10 Å². The van der Waals surface area contributed by atoms with Gasteiger partial charge in [0.15, 0.2) is 29.0 Å². The Balaban J connectivity index is 1.52. The lowest BCUT2D eigenvalue weighted by Gasteiger charge is -2.41. The molecule has 0 spiro atoms. The number of benzene rings is 4. The number of aryl methyl sites for hydroxylation is 1. The monoisotopic (exact) mass is 584 g/mol. The molecule has 44 heavy (non-hydrogen) atoms. The largest absolute Gasteiger partial charge is 0.493 e. The fraction of sp³-hybridized carbons (Fsp3) is 0.171. The molecule has 9 heteroatoms. The highest BCUT2D eigenvalue weighted by molar-refractivity contribution is 6.51. The first kappa shape index (κ1) is 27.3. The van der Waals surface area contributed by atoms with Crippen molar-refractivity contribution >= 4 is 34.6 Å². The fourth-order valence-corrected chi connectivity index (χ4v) is 5.95. The lowest BCUT2D eigenvalue weighted by Crippen LogP contribution is -2.46. The summed E-state index contributed by atoms with van der Waals surface area (Å²) >= 11 is 0. The highest BCUT2D eigenvalue weighted by Gasteiger charge is 2.43. The third kappa shape index (κ3) is 4.44. The van der Waals surface area contributed by atoms with Crippen LogP contribution in [0.3, 0.4) is 0 Å². The van der Waals surface area contributed by atoms with E-state index in [2.05, 4.69) is 22.3 Å².